The van der Waals surface area contributed by atoms with Crippen molar-refractivity contribution in [3.05, 3.63) is 11.0 Å². The van der Waals surface area contributed by atoms with E-state index in [4.69, 9.17) is 16.3 Å². The summed E-state index contributed by atoms with van der Waals surface area (Å²) in [5.41, 5.74) is -0.388. The molecule has 0 bridgehead atoms. The van der Waals surface area contributed by atoms with Gasteiger partial charge in [-0.3, -0.25) is 4.21 Å². The largest absolute Gasteiger partial charge is 0.444 e. The minimum absolute atomic E-state index is 0.117. The summed E-state index contributed by atoms with van der Waals surface area (Å²) < 4.78 is 17.4. The van der Waals surface area contributed by atoms with Gasteiger partial charge in [0, 0.05) is 18.7 Å². The summed E-state index contributed by atoms with van der Waals surface area (Å²) in [5, 5.41) is 6.04. The number of nitrogens with one attached hydrogen (secondary N) is 2. The zero-order chi connectivity index (χ0) is 18.1. The van der Waals surface area contributed by atoms with E-state index in [2.05, 4.69) is 20.6 Å². The smallest absolute Gasteiger partial charge is 0.407 e. The fraction of sp³-hybridized carbons (Fsp3) is 0.667. The van der Waals surface area contributed by atoms with Gasteiger partial charge in [-0.25, -0.2) is 9.78 Å². The van der Waals surface area contributed by atoms with E-state index in [9.17, 15) is 9.00 Å². The second kappa shape index (κ2) is 6.84. The van der Waals surface area contributed by atoms with Gasteiger partial charge in [-0.05, 0) is 46.2 Å². The molecule has 0 aliphatic carbocycles. The second-order valence-electron chi connectivity index (χ2n) is 7.28. The van der Waals surface area contributed by atoms with E-state index >= 15 is 0 Å². The van der Waals surface area contributed by atoms with Crippen LogP contribution in [0.5, 0.6) is 0 Å². The molecule has 134 valence electrons. The molecule has 0 aromatic carbocycles. The van der Waals surface area contributed by atoms with Crippen molar-refractivity contribution < 1.29 is 13.7 Å². The number of halogens is 1. The average molecular weight is 375 g/mol. The molecule has 1 amide bonds. The Labute approximate surface area is 149 Å². The third-order valence-corrected chi connectivity index (χ3v) is 4.82. The number of alkyl carbamates (subject to hydrolysis) is 1. The van der Waals surface area contributed by atoms with Crippen molar-refractivity contribution in [2.24, 2.45) is 0 Å². The highest BCUT2D eigenvalue weighted by Crippen LogP contribution is 2.30. The average Bonchev–Trinajstić information content (AvgIpc) is 2.75. The first-order valence-corrected chi connectivity index (χ1v) is 9.36. The minimum atomic E-state index is -1.14. The lowest BCUT2D eigenvalue weighted by Crippen LogP contribution is -2.45. The third-order valence-electron chi connectivity index (χ3n) is 3.19. The molecule has 2 rings (SSSR count). The normalized spacial score (nSPS) is 17.3. The maximum absolute atomic E-state index is 12.2. The number of amides is 1. The standard InChI is InChI=1S/C15H23ClN4O3S/c1-14(2,3)23-13(21)17-8-15(4,5)20-11-10-9(6-7-24(10)22)18-12(16)19-11/h6-8H2,1-5H3,(H,17,21)(H,18,19,20)/t24-/m1/s1. The SMILES string of the molecule is CC(C)(CNC(=O)OC(C)(C)C)Nc1nc(Cl)nc2c1[S@](=O)CC2. The lowest BCUT2D eigenvalue weighted by Gasteiger charge is -2.29. The van der Waals surface area contributed by atoms with Gasteiger partial charge < -0.3 is 15.4 Å². The van der Waals surface area contributed by atoms with Crippen LogP contribution < -0.4 is 10.6 Å². The number of rotatable bonds is 4. The highest BCUT2D eigenvalue weighted by molar-refractivity contribution is 7.85. The Balaban J connectivity index is 2.07. The van der Waals surface area contributed by atoms with Gasteiger partial charge in [0.05, 0.1) is 22.0 Å². The summed E-state index contributed by atoms with van der Waals surface area (Å²) >= 11 is 5.95. The number of ether oxygens (including phenoxy) is 1. The van der Waals surface area contributed by atoms with Crippen LogP contribution in [0.4, 0.5) is 10.6 Å². The van der Waals surface area contributed by atoms with Gasteiger partial charge in [0.1, 0.15) is 16.3 Å². The minimum Gasteiger partial charge on any atom is -0.444 e. The summed E-state index contributed by atoms with van der Waals surface area (Å²) in [4.78, 5) is 20.7. The molecule has 1 atom stereocenters. The fourth-order valence-corrected chi connectivity index (χ4v) is 3.72. The second-order valence-corrected chi connectivity index (χ2v) is 9.13. The number of nitrogens with zero attached hydrogens (tertiary/aromatic N) is 2. The lowest BCUT2D eigenvalue weighted by molar-refractivity contribution is 0.0520. The molecule has 1 aliphatic heterocycles. The summed E-state index contributed by atoms with van der Waals surface area (Å²) in [7, 11) is -1.14. The van der Waals surface area contributed by atoms with Crippen molar-refractivity contribution in [2.75, 3.05) is 17.6 Å². The van der Waals surface area contributed by atoms with Crippen LogP contribution in [0.3, 0.4) is 0 Å². The number of fused-ring (bicyclic) bond motifs is 1. The van der Waals surface area contributed by atoms with E-state index in [1.165, 1.54) is 0 Å². The van der Waals surface area contributed by atoms with Crippen LogP contribution in [-0.4, -0.2) is 43.7 Å². The summed E-state index contributed by atoms with van der Waals surface area (Å²) in [5.74, 6) is 0.979. The Bertz CT molecular complexity index is 673. The van der Waals surface area contributed by atoms with Gasteiger partial charge in [-0.15, -0.1) is 0 Å². The van der Waals surface area contributed by atoms with Crippen molar-refractivity contribution in [3.8, 4) is 0 Å². The van der Waals surface area contributed by atoms with Crippen molar-refractivity contribution >= 4 is 34.3 Å². The Morgan fingerprint density at radius 3 is 2.58 bits per heavy atom. The molecule has 0 fully saturated rings. The van der Waals surface area contributed by atoms with E-state index < -0.39 is 28.0 Å². The molecule has 0 unspecified atom stereocenters. The Morgan fingerprint density at radius 2 is 1.96 bits per heavy atom. The summed E-state index contributed by atoms with van der Waals surface area (Å²) in [6.45, 7) is 9.49. The van der Waals surface area contributed by atoms with Crippen LogP contribution in [0.15, 0.2) is 4.90 Å². The Kier molecular flexibility index (Phi) is 5.39. The highest BCUT2D eigenvalue weighted by Gasteiger charge is 2.29. The van der Waals surface area contributed by atoms with E-state index in [-0.39, 0.29) is 5.28 Å². The number of hydrogen-bond donors (Lipinski definition) is 2. The van der Waals surface area contributed by atoms with Crippen molar-refractivity contribution in [1.29, 1.82) is 0 Å². The van der Waals surface area contributed by atoms with Gasteiger partial charge in [0.25, 0.3) is 0 Å². The highest BCUT2D eigenvalue weighted by atomic mass is 35.5. The molecule has 24 heavy (non-hydrogen) atoms. The maximum atomic E-state index is 12.2. The van der Waals surface area contributed by atoms with Gasteiger partial charge in [0.15, 0.2) is 0 Å². The van der Waals surface area contributed by atoms with Crippen LogP contribution in [-0.2, 0) is 22.0 Å². The quantitative estimate of drug-likeness (QED) is 0.786. The van der Waals surface area contributed by atoms with Crippen LogP contribution in [0, 0.1) is 0 Å². The van der Waals surface area contributed by atoms with Crippen LogP contribution in [0.2, 0.25) is 5.28 Å². The molecule has 9 heteroatoms. The number of aryl methyl sites for hydroxylation is 1. The lowest BCUT2D eigenvalue weighted by atomic mass is 10.1. The molecule has 1 aromatic heterocycles. The molecular weight excluding hydrogens is 352 g/mol. The number of hydrogen-bond acceptors (Lipinski definition) is 6. The summed E-state index contributed by atoms with van der Waals surface area (Å²) in [6.07, 6.45) is 0.127. The van der Waals surface area contributed by atoms with Crippen LogP contribution in [0.1, 0.15) is 40.3 Å². The van der Waals surface area contributed by atoms with Gasteiger partial charge in [-0.2, -0.15) is 4.98 Å². The van der Waals surface area contributed by atoms with Gasteiger partial charge in [0.2, 0.25) is 5.28 Å². The van der Waals surface area contributed by atoms with Crippen molar-refractivity contribution in [2.45, 2.75) is 57.1 Å². The van der Waals surface area contributed by atoms with E-state index in [0.717, 1.165) is 0 Å². The van der Waals surface area contributed by atoms with Crippen LogP contribution in [0.25, 0.3) is 0 Å². The first-order valence-electron chi connectivity index (χ1n) is 7.67. The topological polar surface area (TPSA) is 93.2 Å². The maximum Gasteiger partial charge on any atom is 0.407 e. The monoisotopic (exact) mass is 374 g/mol. The zero-order valence-electron chi connectivity index (χ0n) is 14.5. The first-order chi connectivity index (χ1) is 11.0. The van der Waals surface area contributed by atoms with Crippen LogP contribution >= 0.6 is 11.6 Å². The fourth-order valence-electron chi connectivity index (χ4n) is 2.22. The number of carbonyl (C=O) groups is 1. The first kappa shape index (κ1) is 18.9. The van der Waals surface area contributed by atoms with Gasteiger partial charge in [-0.1, -0.05) is 0 Å². The van der Waals surface area contributed by atoms with E-state index in [1.54, 1.807) is 20.8 Å². The third kappa shape index (κ3) is 5.04. The predicted octanol–water partition coefficient (Wildman–Crippen LogP) is 2.51. The van der Waals surface area contributed by atoms with E-state index in [1.807, 2.05) is 13.8 Å². The molecule has 2 N–H and O–H groups in total. The van der Waals surface area contributed by atoms with Crippen molar-refractivity contribution in [1.82, 2.24) is 15.3 Å². The Morgan fingerprint density at radius 1 is 1.29 bits per heavy atom. The number of aromatic nitrogens is 2. The molecule has 0 spiro atoms. The molecule has 0 saturated heterocycles. The molecule has 1 aromatic rings. The number of carbonyl (C=O) groups excluding carboxylic acids is 1. The molecule has 0 saturated carbocycles. The molecule has 0 radical (unpaired) electrons. The summed E-state index contributed by atoms with van der Waals surface area (Å²) in [6, 6.07) is 0. The van der Waals surface area contributed by atoms with E-state index in [0.29, 0.717) is 35.1 Å². The molecular formula is C15H23ClN4O3S. The predicted molar refractivity (Wildman–Crippen MR) is 94.0 cm³/mol. The number of anilines is 1. The Hall–Kier alpha value is -1.41. The van der Waals surface area contributed by atoms with Gasteiger partial charge >= 0.3 is 6.09 Å². The molecule has 2 heterocycles. The molecule has 7 nitrogen and oxygen atoms in total. The van der Waals surface area contributed by atoms with Crippen molar-refractivity contribution in [3.63, 3.8) is 0 Å². The zero-order valence-corrected chi connectivity index (χ0v) is 16.1. The molecule has 1 aliphatic rings.